The average Bonchev–Trinajstić information content (AvgIpc) is 2.47. The molecule has 0 saturated carbocycles. The van der Waals surface area contributed by atoms with Crippen molar-refractivity contribution < 1.29 is 13.2 Å². The molecule has 7 heteroatoms. The van der Waals surface area contributed by atoms with E-state index < -0.39 is 10.0 Å². The van der Waals surface area contributed by atoms with Gasteiger partial charge in [0, 0.05) is 24.5 Å². The molecule has 0 radical (unpaired) electrons. The van der Waals surface area contributed by atoms with Crippen molar-refractivity contribution in [3.63, 3.8) is 0 Å². The summed E-state index contributed by atoms with van der Waals surface area (Å²) >= 11 is 5.54. The Morgan fingerprint density at radius 2 is 2.00 bits per heavy atom. The van der Waals surface area contributed by atoms with Gasteiger partial charge in [-0.2, -0.15) is 0 Å². The molecule has 0 atom stereocenters. The van der Waals surface area contributed by atoms with E-state index in [2.05, 4.69) is 10.0 Å². The first-order chi connectivity index (χ1) is 10.0. The standard InChI is InChI=1S/C14H21ClN2O3S/c1-2-3-10-17-21(19,20)13-7-4-6-12(11-13)14(18)16-9-5-8-15/h4,6-7,11,17H,2-3,5,8-10H2,1H3,(H,16,18). The first-order valence-corrected chi connectivity index (χ1v) is 8.97. The van der Waals surface area contributed by atoms with E-state index in [1.54, 1.807) is 12.1 Å². The molecule has 0 heterocycles. The van der Waals surface area contributed by atoms with Crippen molar-refractivity contribution in [2.45, 2.75) is 31.1 Å². The summed E-state index contributed by atoms with van der Waals surface area (Å²) in [6.45, 7) is 2.85. The van der Waals surface area contributed by atoms with Crippen molar-refractivity contribution >= 4 is 27.5 Å². The largest absolute Gasteiger partial charge is 0.352 e. The van der Waals surface area contributed by atoms with Gasteiger partial charge in [0.1, 0.15) is 0 Å². The van der Waals surface area contributed by atoms with Crippen LogP contribution in [-0.4, -0.2) is 33.3 Å². The monoisotopic (exact) mass is 332 g/mol. The van der Waals surface area contributed by atoms with E-state index in [0.717, 1.165) is 12.8 Å². The third kappa shape index (κ3) is 6.03. The van der Waals surface area contributed by atoms with Crippen LogP contribution in [0.1, 0.15) is 36.5 Å². The highest BCUT2D eigenvalue weighted by molar-refractivity contribution is 7.89. The zero-order valence-corrected chi connectivity index (χ0v) is 13.6. The maximum absolute atomic E-state index is 12.1. The molecule has 0 spiro atoms. The molecule has 0 fully saturated rings. The molecule has 0 aliphatic rings. The molecule has 1 rings (SSSR count). The summed E-state index contributed by atoms with van der Waals surface area (Å²) in [5.41, 5.74) is 0.322. The summed E-state index contributed by atoms with van der Waals surface area (Å²) in [6, 6.07) is 6.00. The van der Waals surface area contributed by atoms with Gasteiger partial charge in [-0.3, -0.25) is 4.79 Å². The van der Waals surface area contributed by atoms with E-state index in [9.17, 15) is 13.2 Å². The predicted molar refractivity (Wildman–Crippen MR) is 84.2 cm³/mol. The molecule has 0 aliphatic heterocycles. The Balaban J connectivity index is 2.77. The Morgan fingerprint density at radius 1 is 1.24 bits per heavy atom. The Kier molecular flexibility index (Phi) is 7.71. The molecule has 21 heavy (non-hydrogen) atoms. The fraction of sp³-hybridized carbons (Fsp3) is 0.500. The highest BCUT2D eigenvalue weighted by Gasteiger charge is 2.15. The second kappa shape index (κ2) is 9.02. The maximum Gasteiger partial charge on any atom is 0.251 e. The minimum atomic E-state index is -3.56. The van der Waals surface area contributed by atoms with Crippen LogP contribution < -0.4 is 10.0 Å². The maximum atomic E-state index is 12.1. The van der Waals surface area contributed by atoms with Gasteiger partial charge in [-0.1, -0.05) is 19.4 Å². The molecule has 118 valence electrons. The van der Waals surface area contributed by atoms with E-state index >= 15 is 0 Å². The summed E-state index contributed by atoms with van der Waals surface area (Å²) in [7, 11) is -3.56. The Morgan fingerprint density at radius 3 is 2.67 bits per heavy atom. The molecular formula is C14H21ClN2O3S. The molecule has 0 aromatic heterocycles. The van der Waals surface area contributed by atoms with Gasteiger partial charge in [-0.05, 0) is 31.0 Å². The predicted octanol–water partition coefficient (Wildman–Crippen LogP) is 2.12. The number of carbonyl (C=O) groups excluding carboxylic acids is 1. The van der Waals surface area contributed by atoms with Crippen LogP contribution >= 0.6 is 11.6 Å². The first-order valence-electron chi connectivity index (χ1n) is 6.95. The number of hydrogen-bond donors (Lipinski definition) is 2. The topological polar surface area (TPSA) is 75.3 Å². The lowest BCUT2D eigenvalue weighted by atomic mass is 10.2. The number of unbranched alkanes of at least 4 members (excludes halogenated alkanes) is 1. The van der Waals surface area contributed by atoms with Crippen LogP contribution in [-0.2, 0) is 10.0 Å². The van der Waals surface area contributed by atoms with Crippen molar-refractivity contribution in [1.82, 2.24) is 10.0 Å². The van der Waals surface area contributed by atoms with Crippen molar-refractivity contribution in [2.24, 2.45) is 0 Å². The number of carbonyl (C=O) groups is 1. The number of alkyl halides is 1. The van der Waals surface area contributed by atoms with Gasteiger partial charge in [0.05, 0.1) is 4.90 Å². The SMILES string of the molecule is CCCCNS(=O)(=O)c1cccc(C(=O)NCCCCl)c1. The van der Waals surface area contributed by atoms with Gasteiger partial charge in [-0.25, -0.2) is 13.1 Å². The molecule has 0 saturated heterocycles. The lowest BCUT2D eigenvalue weighted by molar-refractivity contribution is 0.0953. The van der Waals surface area contributed by atoms with Crippen LogP contribution in [0.4, 0.5) is 0 Å². The van der Waals surface area contributed by atoms with Crippen molar-refractivity contribution in [3.8, 4) is 0 Å². The molecule has 0 unspecified atom stereocenters. The van der Waals surface area contributed by atoms with Crippen LogP contribution in [0, 0.1) is 0 Å². The van der Waals surface area contributed by atoms with Gasteiger partial charge in [0.2, 0.25) is 10.0 Å². The van der Waals surface area contributed by atoms with Crippen molar-refractivity contribution in [1.29, 1.82) is 0 Å². The molecule has 1 aromatic rings. The van der Waals surface area contributed by atoms with Gasteiger partial charge in [0.15, 0.2) is 0 Å². The Bertz CT molecular complexity index is 561. The Hall–Kier alpha value is -1.11. The molecule has 2 N–H and O–H groups in total. The fourth-order valence-corrected chi connectivity index (χ4v) is 2.90. The summed E-state index contributed by atoms with van der Waals surface area (Å²) in [4.78, 5) is 12.0. The Labute approximate surface area is 131 Å². The zero-order chi connectivity index (χ0) is 15.7. The summed E-state index contributed by atoms with van der Waals surface area (Å²) in [5.74, 6) is 0.168. The van der Waals surface area contributed by atoms with Crippen LogP contribution in [0.3, 0.4) is 0 Å². The van der Waals surface area contributed by atoms with Crippen LogP contribution in [0.5, 0.6) is 0 Å². The molecular weight excluding hydrogens is 312 g/mol. The molecule has 0 aliphatic carbocycles. The zero-order valence-electron chi connectivity index (χ0n) is 12.1. The molecule has 0 bridgehead atoms. The minimum Gasteiger partial charge on any atom is -0.352 e. The second-order valence-corrected chi connectivity index (χ2v) is 6.72. The lowest BCUT2D eigenvalue weighted by Gasteiger charge is -2.08. The second-order valence-electron chi connectivity index (χ2n) is 4.58. The number of rotatable bonds is 9. The van der Waals surface area contributed by atoms with Crippen molar-refractivity contribution in [2.75, 3.05) is 19.0 Å². The minimum absolute atomic E-state index is 0.101. The molecule has 5 nitrogen and oxygen atoms in total. The average molecular weight is 333 g/mol. The van der Waals surface area contributed by atoms with Gasteiger partial charge < -0.3 is 5.32 Å². The van der Waals surface area contributed by atoms with Gasteiger partial charge >= 0.3 is 0 Å². The van der Waals surface area contributed by atoms with E-state index in [-0.39, 0.29) is 10.8 Å². The first kappa shape index (κ1) is 17.9. The third-order valence-corrected chi connectivity index (χ3v) is 4.55. The number of amides is 1. The summed E-state index contributed by atoms with van der Waals surface area (Å²) < 4.78 is 26.7. The smallest absolute Gasteiger partial charge is 0.251 e. The van der Waals surface area contributed by atoms with Crippen LogP contribution in [0.15, 0.2) is 29.2 Å². The van der Waals surface area contributed by atoms with E-state index in [1.807, 2.05) is 6.92 Å². The number of nitrogens with one attached hydrogen (secondary N) is 2. The fourth-order valence-electron chi connectivity index (χ4n) is 1.64. The molecule has 1 amide bonds. The number of hydrogen-bond acceptors (Lipinski definition) is 3. The van der Waals surface area contributed by atoms with Crippen LogP contribution in [0.2, 0.25) is 0 Å². The number of benzene rings is 1. The molecule has 1 aromatic carbocycles. The van der Waals surface area contributed by atoms with Gasteiger partial charge in [-0.15, -0.1) is 11.6 Å². The van der Waals surface area contributed by atoms with Crippen molar-refractivity contribution in [3.05, 3.63) is 29.8 Å². The highest BCUT2D eigenvalue weighted by atomic mass is 35.5. The van der Waals surface area contributed by atoms with E-state index in [1.165, 1.54) is 12.1 Å². The summed E-state index contributed by atoms with van der Waals surface area (Å²) in [5, 5.41) is 2.69. The number of halogens is 1. The summed E-state index contributed by atoms with van der Waals surface area (Å²) in [6.07, 6.45) is 2.35. The van der Waals surface area contributed by atoms with E-state index in [4.69, 9.17) is 11.6 Å². The normalized spacial score (nSPS) is 11.3. The quantitative estimate of drug-likeness (QED) is 0.537. The lowest BCUT2D eigenvalue weighted by Crippen LogP contribution is -2.27. The van der Waals surface area contributed by atoms with E-state index in [0.29, 0.717) is 31.0 Å². The third-order valence-electron chi connectivity index (χ3n) is 2.82. The van der Waals surface area contributed by atoms with Gasteiger partial charge in [0.25, 0.3) is 5.91 Å². The van der Waals surface area contributed by atoms with Crippen LogP contribution in [0.25, 0.3) is 0 Å². The number of sulfonamides is 1. The highest BCUT2D eigenvalue weighted by Crippen LogP contribution is 2.11.